The number of nitrogens with one attached hydrogen (secondary N) is 1. The maximum atomic E-state index is 12.5. The first kappa shape index (κ1) is 22.2. The Balaban J connectivity index is 1.26. The van der Waals surface area contributed by atoms with Crippen LogP contribution in [-0.2, 0) is 11.3 Å². The van der Waals surface area contributed by atoms with Crippen LogP contribution in [0.1, 0.15) is 11.1 Å². The molecule has 1 saturated heterocycles. The van der Waals surface area contributed by atoms with E-state index in [4.69, 9.17) is 23.2 Å². The topological polar surface area (TPSA) is 48.5 Å². The van der Waals surface area contributed by atoms with Crippen LogP contribution in [0.25, 0.3) is 11.3 Å². The van der Waals surface area contributed by atoms with Gasteiger partial charge >= 0.3 is 0 Å². The SMILES string of the molecule is Cc1ccccc1CN1CCN(CC(=O)Nc2nc(-c3ccc(Cl)cc3Cl)cs2)CC1. The molecule has 3 aromatic rings. The fourth-order valence-corrected chi connectivity index (χ4v) is 4.88. The number of carbonyl (C=O) groups excluding carboxylic acids is 1. The Labute approximate surface area is 196 Å². The van der Waals surface area contributed by atoms with E-state index in [2.05, 4.69) is 51.3 Å². The van der Waals surface area contributed by atoms with Crippen molar-refractivity contribution in [3.8, 4) is 11.3 Å². The molecule has 1 aliphatic rings. The van der Waals surface area contributed by atoms with Crippen molar-refractivity contribution in [2.45, 2.75) is 13.5 Å². The number of halogens is 2. The summed E-state index contributed by atoms with van der Waals surface area (Å²) >= 11 is 13.6. The van der Waals surface area contributed by atoms with Crippen molar-refractivity contribution >= 4 is 45.6 Å². The zero-order valence-corrected chi connectivity index (χ0v) is 19.6. The lowest BCUT2D eigenvalue weighted by Gasteiger charge is -2.34. The van der Waals surface area contributed by atoms with Gasteiger partial charge in [0.25, 0.3) is 0 Å². The monoisotopic (exact) mass is 474 g/mol. The number of hydrogen-bond acceptors (Lipinski definition) is 5. The lowest BCUT2D eigenvalue weighted by molar-refractivity contribution is -0.117. The van der Waals surface area contributed by atoms with Crippen LogP contribution in [-0.4, -0.2) is 53.4 Å². The number of aromatic nitrogens is 1. The molecule has 162 valence electrons. The number of aryl methyl sites for hydroxylation is 1. The fraction of sp³-hybridized carbons (Fsp3) is 0.304. The Kier molecular flexibility index (Phi) is 7.25. The first-order valence-corrected chi connectivity index (χ1v) is 11.8. The van der Waals surface area contributed by atoms with Gasteiger partial charge < -0.3 is 5.32 Å². The average molecular weight is 475 g/mol. The van der Waals surface area contributed by atoms with Crippen LogP contribution in [0.4, 0.5) is 5.13 Å². The normalized spacial score (nSPS) is 15.2. The molecule has 5 nitrogen and oxygen atoms in total. The van der Waals surface area contributed by atoms with E-state index in [9.17, 15) is 4.79 Å². The molecule has 2 aromatic carbocycles. The number of thiazole rings is 1. The fourth-order valence-electron chi connectivity index (χ4n) is 3.65. The zero-order valence-electron chi connectivity index (χ0n) is 17.3. The highest BCUT2D eigenvalue weighted by Crippen LogP contribution is 2.32. The van der Waals surface area contributed by atoms with E-state index in [0.29, 0.717) is 21.7 Å². The van der Waals surface area contributed by atoms with E-state index < -0.39 is 0 Å². The van der Waals surface area contributed by atoms with Gasteiger partial charge in [0.15, 0.2) is 5.13 Å². The van der Waals surface area contributed by atoms with Crippen molar-refractivity contribution in [1.29, 1.82) is 0 Å². The minimum absolute atomic E-state index is 0.0459. The Morgan fingerprint density at radius 2 is 1.84 bits per heavy atom. The largest absolute Gasteiger partial charge is 0.301 e. The molecule has 1 aromatic heterocycles. The van der Waals surface area contributed by atoms with Crippen molar-refractivity contribution in [3.05, 3.63) is 69.0 Å². The van der Waals surface area contributed by atoms with Crippen LogP contribution in [0, 0.1) is 6.92 Å². The number of rotatable bonds is 6. The molecule has 0 radical (unpaired) electrons. The van der Waals surface area contributed by atoms with E-state index in [0.717, 1.165) is 44.0 Å². The van der Waals surface area contributed by atoms with Gasteiger partial charge in [-0.3, -0.25) is 14.6 Å². The van der Waals surface area contributed by atoms with Gasteiger partial charge in [-0.2, -0.15) is 0 Å². The van der Waals surface area contributed by atoms with Gasteiger partial charge in [-0.25, -0.2) is 4.98 Å². The number of anilines is 1. The Hall–Kier alpha value is -1.96. The number of piperazine rings is 1. The van der Waals surface area contributed by atoms with Gasteiger partial charge in [0.05, 0.1) is 17.3 Å². The molecule has 1 amide bonds. The van der Waals surface area contributed by atoms with Crippen LogP contribution >= 0.6 is 34.5 Å². The first-order chi connectivity index (χ1) is 15.0. The molecular formula is C23H24Cl2N4OS. The number of nitrogens with zero attached hydrogens (tertiary/aromatic N) is 3. The van der Waals surface area contributed by atoms with Crippen molar-refractivity contribution in [1.82, 2.24) is 14.8 Å². The summed E-state index contributed by atoms with van der Waals surface area (Å²) in [7, 11) is 0. The third-order valence-electron chi connectivity index (χ3n) is 5.44. The smallest absolute Gasteiger partial charge is 0.240 e. The van der Waals surface area contributed by atoms with Crippen LogP contribution in [0.5, 0.6) is 0 Å². The van der Waals surface area contributed by atoms with Crippen molar-refractivity contribution in [3.63, 3.8) is 0 Å². The standard InChI is InChI=1S/C23H24Cl2N4OS/c1-16-4-2-3-5-17(16)13-28-8-10-29(11-9-28)14-22(30)27-23-26-21(15-31-23)19-7-6-18(24)12-20(19)25/h2-7,12,15H,8-11,13-14H2,1H3,(H,26,27,30). The third-order valence-corrected chi connectivity index (χ3v) is 6.75. The molecule has 4 rings (SSSR count). The molecule has 0 bridgehead atoms. The van der Waals surface area contributed by atoms with Gasteiger partial charge in [-0.15, -0.1) is 11.3 Å². The zero-order chi connectivity index (χ0) is 21.8. The van der Waals surface area contributed by atoms with Gasteiger partial charge in [0, 0.05) is 48.7 Å². The Bertz CT molecular complexity index is 1060. The van der Waals surface area contributed by atoms with Crippen LogP contribution in [0.3, 0.4) is 0 Å². The summed E-state index contributed by atoms with van der Waals surface area (Å²) in [5.41, 5.74) is 4.22. The maximum Gasteiger partial charge on any atom is 0.240 e. The minimum Gasteiger partial charge on any atom is -0.301 e. The predicted octanol–water partition coefficient (Wildman–Crippen LogP) is 5.18. The quantitative estimate of drug-likeness (QED) is 0.534. The molecule has 0 aliphatic carbocycles. The van der Waals surface area contributed by atoms with Crippen molar-refractivity contribution < 1.29 is 4.79 Å². The first-order valence-electron chi connectivity index (χ1n) is 10.2. The molecule has 0 spiro atoms. The predicted molar refractivity (Wildman–Crippen MR) is 129 cm³/mol. The maximum absolute atomic E-state index is 12.5. The summed E-state index contributed by atoms with van der Waals surface area (Å²) in [6.45, 7) is 7.15. The van der Waals surface area contributed by atoms with Crippen molar-refractivity contribution in [2.24, 2.45) is 0 Å². The van der Waals surface area contributed by atoms with E-state index in [1.54, 1.807) is 12.1 Å². The molecule has 0 unspecified atom stereocenters. The molecule has 1 fully saturated rings. The summed E-state index contributed by atoms with van der Waals surface area (Å²) in [6, 6.07) is 13.8. The molecule has 0 saturated carbocycles. The summed E-state index contributed by atoms with van der Waals surface area (Å²) in [5, 5.41) is 6.49. The Morgan fingerprint density at radius 1 is 1.10 bits per heavy atom. The molecule has 0 atom stereocenters. The lowest BCUT2D eigenvalue weighted by Crippen LogP contribution is -2.48. The second-order valence-corrected chi connectivity index (χ2v) is 9.39. The number of benzene rings is 2. The van der Waals surface area contributed by atoms with E-state index in [1.165, 1.54) is 22.5 Å². The van der Waals surface area contributed by atoms with Crippen LogP contribution in [0.15, 0.2) is 47.8 Å². The molecule has 31 heavy (non-hydrogen) atoms. The number of carbonyl (C=O) groups is 1. The second-order valence-electron chi connectivity index (χ2n) is 7.69. The summed E-state index contributed by atoms with van der Waals surface area (Å²) in [6.07, 6.45) is 0. The number of hydrogen-bond donors (Lipinski definition) is 1. The van der Waals surface area contributed by atoms with Gasteiger partial charge in [-0.05, 0) is 36.2 Å². The summed E-state index contributed by atoms with van der Waals surface area (Å²) < 4.78 is 0. The molecule has 8 heteroatoms. The molecule has 1 N–H and O–H groups in total. The summed E-state index contributed by atoms with van der Waals surface area (Å²) in [5.74, 6) is -0.0459. The number of amides is 1. The highest BCUT2D eigenvalue weighted by atomic mass is 35.5. The van der Waals surface area contributed by atoms with Crippen LogP contribution in [0.2, 0.25) is 10.0 Å². The minimum atomic E-state index is -0.0459. The van der Waals surface area contributed by atoms with E-state index >= 15 is 0 Å². The van der Waals surface area contributed by atoms with E-state index in [-0.39, 0.29) is 5.91 Å². The van der Waals surface area contributed by atoms with Gasteiger partial charge in [0.1, 0.15) is 0 Å². The average Bonchev–Trinajstić information content (AvgIpc) is 3.19. The lowest BCUT2D eigenvalue weighted by atomic mass is 10.1. The summed E-state index contributed by atoms with van der Waals surface area (Å²) in [4.78, 5) is 21.6. The molecular weight excluding hydrogens is 451 g/mol. The van der Waals surface area contributed by atoms with Crippen molar-refractivity contribution in [2.75, 3.05) is 38.0 Å². The second kappa shape index (κ2) is 10.1. The van der Waals surface area contributed by atoms with Gasteiger partial charge in [0.2, 0.25) is 5.91 Å². The highest BCUT2D eigenvalue weighted by molar-refractivity contribution is 7.14. The van der Waals surface area contributed by atoms with Gasteiger partial charge in [-0.1, -0.05) is 47.5 Å². The molecule has 1 aliphatic heterocycles. The highest BCUT2D eigenvalue weighted by Gasteiger charge is 2.20. The third kappa shape index (κ3) is 5.84. The van der Waals surface area contributed by atoms with E-state index in [1.807, 2.05) is 11.4 Å². The van der Waals surface area contributed by atoms with Crippen LogP contribution < -0.4 is 5.32 Å². The molecule has 2 heterocycles. The Morgan fingerprint density at radius 3 is 2.58 bits per heavy atom.